The summed E-state index contributed by atoms with van der Waals surface area (Å²) in [6.07, 6.45) is 0. The number of methoxy groups -OCH3 is 1. The highest BCUT2D eigenvalue weighted by Crippen LogP contribution is 2.32. The van der Waals surface area contributed by atoms with E-state index in [-0.39, 0.29) is 17.4 Å². The van der Waals surface area contributed by atoms with E-state index >= 15 is 0 Å². The summed E-state index contributed by atoms with van der Waals surface area (Å²) in [6, 6.07) is 6.30. The third-order valence-electron chi connectivity index (χ3n) is 2.69. The Morgan fingerprint density at radius 3 is 2.65 bits per heavy atom. The molecule has 0 aliphatic rings. The molecule has 0 fully saturated rings. The molecule has 1 aromatic heterocycles. The van der Waals surface area contributed by atoms with Gasteiger partial charge in [-0.3, -0.25) is 4.79 Å². The zero-order valence-corrected chi connectivity index (χ0v) is 11.6. The third kappa shape index (κ3) is 3.09. The van der Waals surface area contributed by atoms with E-state index in [2.05, 4.69) is 9.97 Å². The van der Waals surface area contributed by atoms with Gasteiger partial charge in [-0.25, -0.2) is 0 Å². The van der Waals surface area contributed by atoms with E-state index in [9.17, 15) is 4.79 Å². The fraction of sp³-hybridized carbons (Fsp3) is 0.286. The molecule has 0 saturated carbocycles. The van der Waals surface area contributed by atoms with Crippen molar-refractivity contribution in [2.24, 2.45) is 0 Å². The van der Waals surface area contributed by atoms with Crippen molar-refractivity contribution >= 4 is 5.69 Å². The minimum Gasteiger partial charge on any atom is -0.493 e. The summed E-state index contributed by atoms with van der Waals surface area (Å²) in [7, 11) is 1.52. The number of rotatable bonds is 4. The molecule has 0 bridgehead atoms. The number of hydrogen-bond acceptors (Lipinski definition) is 5. The lowest BCUT2D eigenvalue weighted by atomic mass is 10.2. The lowest BCUT2D eigenvalue weighted by molar-refractivity contribution is 0.373. The summed E-state index contributed by atoms with van der Waals surface area (Å²) in [4.78, 5) is 18.5. The van der Waals surface area contributed by atoms with Crippen LogP contribution in [0.5, 0.6) is 17.4 Å². The number of benzene rings is 1. The average molecular weight is 275 g/mol. The molecular formula is C14H17N3O3. The molecule has 2 aromatic rings. The fourth-order valence-corrected chi connectivity index (χ4v) is 1.66. The Morgan fingerprint density at radius 2 is 2.00 bits per heavy atom. The van der Waals surface area contributed by atoms with Crippen LogP contribution in [0.3, 0.4) is 0 Å². The zero-order valence-electron chi connectivity index (χ0n) is 11.6. The highest BCUT2D eigenvalue weighted by molar-refractivity contribution is 5.52. The quantitative estimate of drug-likeness (QED) is 0.835. The Balaban J connectivity index is 2.37. The summed E-state index contributed by atoms with van der Waals surface area (Å²) in [5.41, 5.74) is 5.99. The van der Waals surface area contributed by atoms with Crippen molar-refractivity contribution in [1.29, 1.82) is 0 Å². The number of nitrogens with zero attached hydrogens (tertiary/aromatic N) is 1. The lowest BCUT2D eigenvalue weighted by Crippen LogP contribution is -2.12. The second-order valence-corrected chi connectivity index (χ2v) is 4.64. The van der Waals surface area contributed by atoms with Gasteiger partial charge in [-0.15, -0.1) is 0 Å². The number of nitrogens with two attached hydrogens (primary N) is 1. The number of nitrogen functional groups attached to an aromatic ring is 1. The van der Waals surface area contributed by atoms with Crippen LogP contribution in [-0.2, 0) is 0 Å². The molecule has 6 nitrogen and oxygen atoms in total. The first kappa shape index (κ1) is 13.9. The summed E-state index contributed by atoms with van der Waals surface area (Å²) >= 11 is 0. The first-order chi connectivity index (χ1) is 9.49. The molecule has 20 heavy (non-hydrogen) atoms. The van der Waals surface area contributed by atoms with Crippen LogP contribution in [0.2, 0.25) is 0 Å². The van der Waals surface area contributed by atoms with Gasteiger partial charge >= 0.3 is 0 Å². The van der Waals surface area contributed by atoms with Crippen molar-refractivity contribution < 1.29 is 9.47 Å². The van der Waals surface area contributed by atoms with Gasteiger partial charge in [0.25, 0.3) is 5.56 Å². The molecule has 106 valence electrons. The highest BCUT2D eigenvalue weighted by atomic mass is 16.5. The van der Waals surface area contributed by atoms with Crippen molar-refractivity contribution in [3.8, 4) is 17.4 Å². The molecule has 0 unspecified atom stereocenters. The number of nitrogens with one attached hydrogen (secondary N) is 1. The molecule has 3 N–H and O–H groups in total. The summed E-state index contributed by atoms with van der Waals surface area (Å²) in [5.74, 6) is 1.83. The molecule has 0 aliphatic carbocycles. The molecular weight excluding hydrogens is 258 g/mol. The van der Waals surface area contributed by atoms with Gasteiger partial charge in [0.05, 0.1) is 13.2 Å². The van der Waals surface area contributed by atoms with Crippen LogP contribution in [0, 0.1) is 0 Å². The minimum absolute atomic E-state index is 0.0968. The molecule has 1 heterocycles. The predicted molar refractivity (Wildman–Crippen MR) is 76.4 cm³/mol. The number of anilines is 1. The maximum absolute atomic E-state index is 11.6. The summed E-state index contributed by atoms with van der Waals surface area (Å²) in [5, 5.41) is 0. The van der Waals surface area contributed by atoms with E-state index in [0.29, 0.717) is 23.0 Å². The predicted octanol–water partition coefficient (Wildman–Crippen LogP) is 2.28. The standard InChI is InChI=1S/C14H17N3O3/c1-8(2)14-16-12(18)7-13(17-14)20-10-5-4-9(15)6-11(10)19-3/h4-8H,15H2,1-3H3,(H,16,17,18). The first-order valence-corrected chi connectivity index (χ1v) is 6.22. The van der Waals surface area contributed by atoms with Gasteiger partial charge in [0.15, 0.2) is 11.5 Å². The molecule has 0 amide bonds. The van der Waals surface area contributed by atoms with Crippen LogP contribution in [0.15, 0.2) is 29.1 Å². The van der Waals surface area contributed by atoms with Gasteiger partial charge < -0.3 is 20.2 Å². The average Bonchev–Trinajstić information content (AvgIpc) is 2.40. The van der Waals surface area contributed by atoms with Gasteiger partial charge in [0, 0.05) is 17.7 Å². The maximum Gasteiger partial charge on any atom is 0.254 e. The molecule has 1 aromatic carbocycles. The molecule has 0 atom stereocenters. The zero-order chi connectivity index (χ0) is 14.7. The minimum atomic E-state index is -0.256. The number of aromatic amines is 1. The van der Waals surface area contributed by atoms with Crippen molar-refractivity contribution in [2.45, 2.75) is 19.8 Å². The van der Waals surface area contributed by atoms with E-state index in [0.717, 1.165) is 0 Å². The van der Waals surface area contributed by atoms with Crippen LogP contribution >= 0.6 is 0 Å². The van der Waals surface area contributed by atoms with E-state index in [1.54, 1.807) is 18.2 Å². The van der Waals surface area contributed by atoms with E-state index < -0.39 is 0 Å². The second-order valence-electron chi connectivity index (χ2n) is 4.64. The summed E-state index contributed by atoms with van der Waals surface area (Å²) < 4.78 is 10.8. The fourth-order valence-electron chi connectivity index (χ4n) is 1.66. The molecule has 0 spiro atoms. The van der Waals surface area contributed by atoms with Gasteiger partial charge in [-0.1, -0.05) is 13.8 Å². The molecule has 0 saturated heterocycles. The topological polar surface area (TPSA) is 90.2 Å². The summed E-state index contributed by atoms with van der Waals surface area (Å²) in [6.45, 7) is 3.87. The largest absolute Gasteiger partial charge is 0.493 e. The number of aromatic nitrogens is 2. The number of ether oxygens (including phenoxy) is 2. The van der Waals surface area contributed by atoms with Crippen molar-refractivity contribution in [3.05, 3.63) is 40.4 Å². The van der Waals surface area contributed by atoms with Gasteiger partial charge in [0.2, 0.25) is 5.88 Å². The maximum atomic E-state index is 11.6. The van der Waals surface area contributed by atoms with Crippen molar-refractivity contribution in [3.63, 3.8) is 0 Å². The SMILES string of the molecule is COc1cc(N)ccc1Oc1cc(=O)[nH]c(C(C)C)n1. The number of H-pyrrole nitrogens is 1. The Bertz CT molecular complexity index is 665. The van der Waals surface area contributed by atoms with Crippen molar-refractivity contribution in [2.75, 3.05) is 12.8 Å². The first-order valence-electron chi connectivity index (χ1n) is 6.22. The molecule has 2 rings (SSSR count). The van der Waals surface area contributed by atoms with Crippen LogP contribution in [0.25, 0.3) is 0 Å². The normalized spacial score (nSPS) is 10.6. The monoisotopic (exact) mass is 275 g/mol. The van der Waals surface area contributed by atoms with Crippen LogP contribution in [0.1, 0.15) is 25.6 Å². The number of hydrogen-bond donors (Lipinski definition) is 2. The van der Waals surface area contributed by atoms with Gasteiger partial charge in [0.1, 0.15) is 5.82 Å². The third-order valence-corrected chi connectivity index (χ3v) is 2.69. The second kappa shape index (κ2) is 5.64. The van der Waals surface area contributed by atoms with Crippen molar-refractivity contribution in [1.82, 2.24) is 9.97 Å². The van der Waals surface area contributed by atoms with Crippen LogP contribution < -0.4 is 20.8 Å². The lowest BCUT2D eigenvalue weighted by Gasteiger charge is -2.11. The van der Waals surface area contributed by atoms with Gasteiger partial charge in [-0.05, 0) is 12.1 Å². The Kier molecular flexibility index (Phi) is 3.93. The highest BCUT2D eigenvalue weighted by Gasteiger charge is 2.10. The van der Waals surface area contributed by atoms with Gasteiger partial charge in [-0.2, -0.15) is 4.98 Å². The van der Waals surface area contributed by atoms with E-state index in [1.165, 1.54) is 13.2 Å². The Hall–Kier alpha value is -2.50. The van der Waals surface area contributed by atoms with Crippen LogP contribution in [0.4, 0.5) is 5.69 Å². The van der Waals surface area contributed by atoms with E-state index in [4.69, 9.17) is 15.2 Å². The Labute approximate surface area is 116 Å². The smallest absolute Gasteiger partial charge is 0.254 e. The molecule has 0 radical (unpaired) electrons. The van der Waals surface area contributed by atoms with Crippen LogP contribution in [-0.4, -0.2) is 17.1 Å². The molecule has 6 heteroatoms. The Morgan fingerprint density at radius 1 is 1.25 bits per heavy atom. The molecule has 0 aliphatic heterocycles. The van der Waals surface area contributed by atoms with E-state index in [1.807, 2.05) is 13.8 Å².